The molecule has 0 radical (unpaired) electrons. The third-order valence-corrected chi connectivity index (χ3v) is 5.13. The highest BCUT2D eigenvalue weighted by molar-refractivity contribution is 6.30. The van der Waals surface area contributed by atoms with Gasteiger partial charge in [0, 0.05) is 25.2 Å². The monoisotopic (exact) mass is 427 g/mol. The summed E-state index contributed by atoms with van der Waals surface area (Å²) in [5.41, 5.74) is 0.206. The molecule has 2 atom stereocenters. The summed E-state index contributed by atoms with van der Waals surface area (Å²) in [5, 5.41) is 6.86. The number of H-pyrrole nitrogens is 1. The van der Waals surface area contributed by atoms with Gasteiger partial charge in [-0.2, -0.15) is 0 Å². The molecule has 8 nitrogen and oxygen atoms in total. The molecule has 1 saturated heterocycles. The van der Waals surface area contributed by atoms with Crippen LogP contribution >= 0.6 is 11.6 Å². The van der Waals surface area contributed by atoms with Gasteiger partial charge >= 0.3 is 6.09 Å². The number of nitrogens with one attached hydrogen (secondary N) is 3. The summed E-state index contributed by atoms with van der Waals surface area (Å²) in [6, 6.07) is -0.185. The number of aryl methyl sites for hydroxylation is 1. The van der Waals surface area contributed by atoms with Crippen LogP contribution in [0.15, 0.2) is 0 Å². The fourth-order valence-corrected chi connectivity index (χ4v) is 3.52. The van der Waals surface area contributed by atoms with E-state index < -0.39 is 5.60 Å². The Kier molecular flexibility index (Phi) is 8.34. The van der Waals surface area contributed by atoms with E-state index in [9.17, 15) is 9.59 Å². The number of aromatic amines is 1. The number of ether oxygens (including phenoxy) is 1. The molecular formula is C20H34ClN5O3. The van der Waals surface area contributed by atoms with E-state index in [1.54, 1.807) is 4.90 Å². The van der Waals surface area contributed by atoms with E-state index >= 15 is 0 Å². The number of piperidine rings is 1. The first-order chi connectivity index (χ1) is 13.6. The van der Waals surface area contributed by atoms with Gasteiger partial charge in [-0.25, -0.2) is 9.78 Å². The van der Waals surface area contributed by atoms with Crippen molar-refractivity contribution in [1.82, 2.24) is 25.5 Å². The highest BCUT2D eigenvalue weighted by atomic mass is 35.5. The Hall–Kier alpha value is -1.80. The molecule has 1 aromatic heterocycles. The number of rotatable bonds is 7. The summed E-state index contributed by atoms with van der Waals surface area (Å²) >= 11 is 6.06. The SMILES string of the molecule is CCCCN[C@H]1CN(C(=O)OC(C)(C)C)CC[C@H]1NC(=O)c1nc(Cl)c(CC)[nH]1. The highest BCUT2D eigenvalue weighted by Crippen LogP contribution is 2.18. The van der Waals surface area contributed by atoms with Crippen molar-refractivity contribution in [3.63, 3.8) is 0 Å². The molecule has 1 aromatic rings. The maximum Gasteiger partial charge on any atom is 0.410 e. The molecule has 164 valence electrons. The van der Waals surface area contributed by atoms with Crippen LogP contribution in [0, 0.1) is 0 Å². The second-order valence-electron chi connectivity index (χ2n) is 8.42. The van der Waals surface area contributed by atoms with Crippen LogP contribution in [-0.2, 0) is 11.2 Å². The van der Waals surface area contributed by atoms with E-state index in [4.69, 9.17) is 16.3 Å². The zero-order chi connectivity index (χ0) is 21.6. The van der Waals surface area contributed by atoms with Crippen molar-refractivity contribution < 1.29 is 14.3 Å². The van der Waals surface area contributed by atoms with Gasteiger partial charge in [-0.3, -0.25) is 4.79 Å². The smallest absolute Gasteiger partial charge is 0.410 e. The first kappa shape index (κ1) is 23.5. The van der Waals surface area contributed by atoms with Gasteiger partial charge in [0.25, 0.3) is 5.91 Å². The minimum atomic E-state index is -0.539. The second kappa shape index (κ2) is 10.3. The number of aromatic nitrogens is 2. The van der Waals surface area contributed by atoms with E-state index in [2.05, 4.69) is 27.5 Å². The number of likely N-dealkylation sites (tertiary alicyclic amines) is 1. The molecule has 1 aliphatic heterocycles. The van der Waals surface area contributed by atoms with Crippen LogP contribution in [0.4, 0.5) is 4.79 Å². The lowest BCUT2D eigenvalue weighted by molar-refractivity contribution is 0.0163. The predicted molar refractivity (Wildman–Crippen MR) is 113 cm³/mol. The molecule has 2 heterocycles. The van der Waals surface area contributed by atoms with Gasteiger partial charge in [-0.15, -0.1) is 0 Å². The molecule has 2 amide bonds. The second-order valence-corrected chi connectivity index (χ2v) is 8.78. The van der Waals surface area contributed by atoms with Gasteiger partial charge < -0.3 is 25.3 Å². The Bertz CT molecular complexity index is 701. The Labute approximate surface area is 178 Å². The van der Waals surface area contributed by atoms with Crippen LogP contribution in [-0.4, -0.2) is 64.2 Å². The average molecular weight is 428 g/mol. The molecule has 0 aromatic carbocycles. The zero-order valence-corrected chi connectivity index (χ0v) is 18.9. The maximum absolute atomic E-state index is 12.7. The van der Waals surface area contributed by atoms with Crippen LogP contribution in [0.2, 0.25) is 5.15 Å². The highest BCUT2D eigenvalue weighted by Gasteiger charge is 2.34. The fourth-order valence-electron chi connectivity index (χ4n) is 3.25. The van der Waals surface area contributed by atoms with E-state index in [-0.39, 0.29) is 29.9 Å². The topological polar surface area (TPSA) is 99.4 Å². The minimum absolute atomic E-state index is 0.0668. The van der Waals surface area contributed by atoms with E-state index in [1.165, 1.54) is 0 Å². The predicted octanol–water partition coefficient (Wildman–Crippen LogP) is 3.12. The molecule has 9 heteroatoms. The van der Waals surface area contributed by atoms with Crippen LogP contribution in [0.1, 0.15) is 70.2 Å². The maximum atomic E-state index is 12.7. The Morgan fingerprint density at radius 3 is 2.62 bits per heavy atom. The Morgan fingerprint density at radius 2 is 2.03 bits per heavy atom. The quantitative estimate of drug-likeness (QED) is 0.580. The normalized spacial score (nSPS) is 19.9. The van der Waals surface area contributed by atoms with Gasteiger partial charge in [0.1, 0.15) is 5.60 Å². The molecule has 2 rings (SSSR count). The number of halogens is 1. The summed E-state index contributed by atoms with van der Waals surface area (Å²) in [4.78, 5) is 34.0. The molecule has 0 saturated carbocycles. The summed E-state index contributed by atoms with van der Waals surface area (Å²) in [7, 11) is 0. The van der Waals surface area contributed by atoms with E-state index in [1.807, 2.05) is 27.7 Å². The first-order valence-corrected chi connectivity index (χ1v) is 10.8. The third kappa shape index (κ3) is 6.89. The summed E-state index contributed by atoms with van der Waals surface area (Å²) in [6.45, 7) is 11.5. The van der Waals surface area contributed by atoms with Gasteiger partial charge in [-0.1, -0.05) is 31.9 Å². The number of nitrogens with zero attached hydrogens (tertiary/aromatic N) is 2. The third-order valence-electron chi connectivity index (χ3n) is 4.81. The van der Waals surface area contributed by atoms with Gasteiger partial charge in [0.05, 0.1) is 5.69 Å². The Balaban J connectivity index is 2.04. The number of imidazole rings is 1. The molecule has 0 spiro atoms. The molecule has 3 N–H and O–H groups in total. The largest absolute Gasteiger partial charge is 0.444 e. The Morgan fingerprint density at radius 1 is 1.31 bits per heavy atom. The molecular weight excluding hydrogens is 394 g/mol. The molecule has 1 fully saturated rings. The fraction of sp³-hybridized carbons (Fsp3) is 0.750. The van der Waals surface area contributed by atoms with Gasteiger partial charge in [0.15, 0.2) is 11.0 Å². The van der Waals surface area contributed by atoms with Crippen molar-refractivity contribution in [1.29, 1.82) is 0 Å². The van der Waals surface area contributed by atoms with Crippen LogP contribution in [0.25, 0.3) is 0 Å². The lowest BCUT2D eigenvalue weighted by Crippen LogP contribution is -2.61. The number of carbonyl (C=O) groups is 2. The van der Waals surface area contributed by atoms with E-state index in [0.717, 1.165) is 25.1 Å². The van der Waals surface area contributed by atoms with Crippen LogP contribution in [0.5, 0.6) is 0 Å². The summed E-state index contributed by atoms with van der Waals surface area (Å²) in [5.74, 6) is -0.0710. The number of hydrogen-bond donors (Lipinski definition) is 3. The first-order valence-electron chi connectivity index (χ1n) is 10.4. The van der Waals surface area contributed by atoms with Crippen molar-refractivity contribution in [2.24, 2.45) is 0 Å². The zero-order valence-electron chi connectivity index (χ0n) is 18.1. The standard InChI is InChI=1S/C20H34ClN5O3/c1-6-8-10-22-15-12-26(19(28)29-20(3,4)5)11-9-14(15)24-18(27)17-23-13(7-2)16(21)25-17/h14-15,22H,6-12H2,1-5H3,(H,23,25)(H,24,27)/t14-,15+/m1/s1. The molecule has 0 unspecified atom stereocenters. The molecule has 0 bridgehead atoms. The van der Waals surface area contributed by atoms with Gasteiger partial charge in [0.2, 0.25) is 0 Å². The van der Waals surface area contributed by atoms with Crippen molar-refractivity contribution in [3.8, 4) is 0 Å². The van der Waals surface area contributed by atoms with E-state index in [0.29, 0.717) is 31.1 Å². The molecule has 1 aliphatic rings. The van der Waals surface area contributed by atoms with Crippen LogP contribution < -0.4 is 10.6 Å². The average Bonchev–Trinajstić information content (AvgIpc) is 3.02. The number of hydrogen-bond acceptors (Lipinski definition) is 5. The number of carbonyl (C=O) groups excluding carboxylic acids is 2. The summed E-state index contributed by atoms with van der Waals surface area (Å²) in [6.07, 6.45) is 3.07. The summed E-state index contributed by atoms with van der Waals surface area (Å²) < 4.78 is 5.51. The van der Waals surface area contributed by atoms with Gasteiger partial charge in [-0.05, 0) is 46.6 Å². The lowest BCUT2D eigenvalue weighted by Gasteiger charge is -2.39. The van der Waals surface area contributed by atoms with Crippen molar-refractivity contribution in [2.45, 2.75) is 78.0 Å². The van der Waals surface area contributed by atoms with Crippen molar-refractivity contribution in [3.05, 3.63) is 16.7 Å². The number of unbranched alkanes of at least 4 members (excludes halogenated alkanes) is 1. The molecule has 29 heavy (non-hydrogen) atoms. The van der Waals surface area contributed by atoms with Crippen molar-refractivity contribution >= 4 is 23.6 Å². The van der Waals surface area contributed by atoms with Crippen molar-refractivity contribution in [2.75, 3.05) is 19.6 Å². The minimum Gasteiger partial charge on any atom is -0.444 e. The lowest BCUT2D eigenvalue weighted by atomic mass is 9.99. The van der Waals surface area contributed by atoms with Crippen LogP contribution in [0.3, 0.4) is 0 Å². The molecule has 0 aliphatic carbocycles. The number of amides is 2.